The molecule has 0 aliphatic carbocycles. The van der Waals surface area contributed by atoms with Crippen molar-refractivity contribution in [1.29, 1.82) is 0 Å². The van der Waals surface area contributed by atoms with Crippen LogP contribution in [0, 0.1) is 0 Å². The van der Waals surface area contributed by atoms with Crippen LogP contribution in [-0.4, -0.2) is 16.2 Å². The molecule has 2 N–H and O–H groups in total. The maximum atomic E-state index is 9.82. The van der Waals surface area contributed by atoms with Crippen LogP contribution in [0.25, 0.3) is 0 Å². The fourth-order valence-corrected chi connectivity index (χ4v) is 0.335. The first kappa shape index (κ1) is 11.6. The van der Waals surface area contributed by atoms with Gasteiger partial charge in [-0.15, -0.1) is 12.4 Å². The van der Waals surface area contributed by atoms with Crippen LogP contribution in [0.15, 0.2) is 0 Å². The zero-order chi connectivity index (χ0) is 6.78. The Hall–Kier alpha value is -0.150. The number of hydrogen-bond acceptors (Lipinski definition) is 1. The fraction of sp³-hybridized carbons (Fsp3) is 0.750. The second-order valence-corrected chi connectivity index (χ2v) is 2.85. The zero-order valence-electron chi connectivity index (χ0n) is 5.14. The Kier molecular flexibility index (Phi) is 4.90. The number of alkyl halides is 1. The summed E-state index contributed by atoms with van der Waals surface area (Å²) in [5, 5.41) is 10.1. The van der Waals surface area contributed by atoms with Gasteiger partial charge in [-0.05, 0) is 13.8 Å². The highest BCUT2D eigenvalue weighted by molar-refractivity contribution is 6.23. The van der Waals surface area contributed by atoms with Crippen LogP contribution < -0.4 is 5.32 Å². The van der Waals surface area contributed by atoms with Gasteiger partial charge in [0.05, 0.1) is 0 Å². The van der Waals surface area contributed by atoms with Crippen molar-refractivity contribution < 1.29 is 9.90 Å². The van der Waals surface area contributed by atoms with Gasteiger partial charge < -0.3 is 10.4 Å². The standard InChI is InChI=1S/C4H8ClNO2.ClH/c1-4(2,5)6-3(7)8;/h6H,1-2H3,(H,7,8);1H. The molecule has 0 heterocycles. The molecule has 5 heteroatoms. The van der Waals surface area contributed by atoms with Gasteiger partial charge in [-0.3, -0.25) is 0 Å². The van der Waals surface area contributed by atoms with Gasteiger partial charge in [0.25, 0.3) is 0 Å². The first-order chi connectivity index (χ1) is 3.42. The van der Waals surface area contributed by atoms with Crippen molar-refractivity contribution >= 4 is 30.1 Å². The minimum atomic E-state index is -1.11. The summed E-state index contributed by atoms with van der Waals surface area (Å²) < 4.78 is 0. The van der Waals surface area contributed by atoms with Crippen molar-refractivity contribution in [2.24, 2.45) is 0 Å². The SMILES string of the molecule is CC(C)(Cl)NC(=O)O.Cl. The first-order valence-corrected chi connectivity index (χ1v) is 2.49. The maximum Gasteiger partial charge on any atom is 0.406 e. The van der Waals surface area contributed by atoms with Gasteiger partial charge in [-0.2, -0.15) is 0 Å². The minimum Gasteiger partial charge on any atom is -0.465 e. The molecule has 0 aromatic rings. The van der Waals surface area contributed by atoms with Crippen molar-refractivity contribution in [2.75, 3.05) is 0 Å². The third kappa shape index (κ3) is 11.4. The lowest BCUT2D eigenvalue weighted by molar-refractivity contribution is 0.189. The van der Waals surface area contributed by atoms with Gasteiger partial charge in [-0.1, -0.05) is 11.6 Å². The van der Waals surface area contributed by atoms with Crippen LogP contribution in [0.5, 0.6) is 0 Å². The number of amides is 1. The third-order valence-electron chi connectivity index (χ3n) is 0.404. The molecule has 0 spiro atoms. The number of hydrogen-bond donors (Lipinski definition) is 2. The Labute approximate surface area is 64.8 Å². The molecule has 0 aromatic carbocycles. The first-order valence-electron chi connectivity index (χ1n) is 2.12. The van der Waals surface area contributed by atoms with Crippen molar-refractivity contribution in [3.05, 3.63) is 0 Å². The highest BCUT2D eigenvalue weighted by Gasteiger charge is 2.14. The predicted octanol–water partition coefficient (Wildman–Crippen LogP) is 1.65. The van der Waals surface area contributed by atoms with E-state index in [0.717, 1.165) is 0 Å². The van der Waals surface area contributed by atoms with E-state index >= 15 is 0 Å². The van der Waals surface area contributed by atoms with E-state index in [1.807, 2.05) is 0 Å². The number of rotatable bonds is 1. The van der Waals surface area contributed by atoms with E-state index in [4.69, 9.17) is 16.7 Å². The summed E-state index contributed by atoms with van der Waals surface area (Å²) in [7, 11) is 0. The fourth-order valence-electron chi connectivity index (χ4n) is 0.254. The van der Waals surface area contributed by atoms with Gasteiger partial charge in [0.2, 0.25) is 0 Å². The average molecular weight is 174 g/mol. The molecule has 0 aliphatic heterocycles. The van der Waals surface area contributed by atoms with E-state index in [-0.39, 0.29) is 12.4 Å². The number of halogens is 2. The van der Waals surface area contributed by atoms with Crippen molar-refractivity contribution in [3.8, 4) is 0 Å². The van der Waals surface area contributed by atoms with Crippen molar-refractivity contribution in [2.45, 2.75) is 18.8 Å². The van der Waals surface area contributed by atoms with Gasteiger partial charge in [0, 0.05) is 0 Å². The van der Waals surface area contributed by atoms with E-state index < -0.39 is 11.1 Å². The number of carbonyl (C=O) groups is 1. The summed E-state index contributed by atoms with van der Waals surface area (Å²) in [6.45, 7) is 3.12. The normalized spacial score (nSPS) is 9.67. The topological polar surface area (TPSA) is 49.3 Å². The number of nitrogens with one attached hydrogen (secondary N) is 1. The van der Waals surface area contributed by atoms with Crippen LogP contribution in [0.2, 0.25) is 0 Å². The molecule has 0 bridgehead atoms. The maximum absolute atomic E-state index is 9.82. The lowest BCUT2D eigenvalue weighted by atomic mass is 10.4. The summed E-state index contributed by atoms with van der Waals surface area (Å²) in [4.78, 5) is 8.96. The van der Waals surface area contributed by atoms with Crippen molar-refractivity contribution in [3.63, 3.8) is 0 Å². The number of carboxylic acid groups (broad SMARTS) is 1. The largest absolute Gasteiger partial charge is 0.465 e. The molecule has 0 saturated carbocycles. The highest BCUT2D eigenvalue weighted by Crippen LogP contribution is 2.05. The molecule has 0 aliphatic rings. The summed E-state index contributed by atoms with van der Waals surface area (Å²) >= 11 is 5.44. The molecule has 0 saturated heterocycles. The van der Waals surface area contributed by atoms with Crippen molar-refractivity contribution in [1.82, 2.24) is 5.32 Å². The summed E-state index contributed by atoms with van der Waals surface area (Å²) in [5.74, 6) is 0. The molecule has 1 amide bonds. The van der Waals surface area contributed by atoms with Gasteiger partial charge in [0.15, 0.2) is 0 Å². The molecule has 0 rings (SSSR count). The predicted molar refractivity (Wildman–Crippen MR) is 38.3 cm³/mol. The minimum absolute atomic E-state index is 0. The smallest absolute Gasteiger partial charge is 0.406 e. The molecule has 0 unspecified atom stereocenters. The molecule has 0 radical (unpaired) electrons. The van der Waals surface area contributed by atoms with E-state index in [9.17, 15) is 4.79 Å². The van der Waals surface area contributed by atoms with Gasteiger partial charge >= 0.3 is 6.09 Å². The molecular formula is C4H9Cl2NO2. The molecular weight excluding hydrogens is 165 g/mol. The third-order valence-corrected chi connectivity index (χ3v) is 0.499. The monoisotopic (exact) mass is 173 g/mol. The quantitative estimate of drug-likeness (QED) is 0.469. The Morgan fingerprint density at radius 2 is 2.00 bits per heavy atom. The summed E-state index contributed by atoms with van der Waals surface area (Å²) in [6.07, 6.45) is -1.11. The molecule has 0 atom stereocenters. The van der Waals surface area contributed by atoms with Crippen LogP contribution >= 0.6 is 24.0 Å². The van der Waals surface area contributed by atoms with E-state index in [0.29, 0.717) is 0 Å². The van der Waals surface area contributed by atoms with Gasteiger partial charge in [-0.25, -0.2) is 4.79 Å². The Bertz CT molecular complexity index is 99.2. The second-order valence-electron chi connectivity index (χ2n) is 1.90. The van der Waals surface area contributed by atoms with Crippen LogP contribution in [-0.2, 0) is 0 Å². The summed E-state index contributed by atoms with van der Waals surface area (Å²) in [6, 6.07) is 0. The Morgan fingerprint density at radius 3 is 2.00 bits per heavy atom. The lowest BCUT2D eigenvalue weighted by Crippen LogP contribution is -2.37. The molecule has 9 heavy (non-hydrogen) atoms. The van der Waals surface area contributed by atoms with E-state index in [1.54, 1.807) is 13.8 Å². The molecule has 0 fully saturated rings. The average Bonchev–Trinajstić information content (AvgIpc) is 1.21. The highest BCUT2D eigenvalue weighted by atomic mass is 35.5. The van der Waals surface area contributed by atoms with Crippen LogP contribution in [0.1, 0.15) is 13.8 Å². The Balaban J connectivity index is 0. The van der Waals surface area contributed by atoms with Gasteiger partial charge in [0.1, 0.15) is 5.00 Å². The molecule has 3 nitrogen and oxygen atoms in total. The van der Waals surface area contributed by atoms with Crippen LogP contribution in [0.3, 0.4) is 0 Å². The zero-order valence-corrected chi connectivity index (χ0v) is 6.71. The summed E-state index contributed by atoms with van der Waals surface area (Å²) in [5.41, 5.74) is 0. The van der Waals surface area contributed by atoms with E-state index in [1.165, 1.54) is 0 Å². The van der Waals surface area contributed by atoms with E-state index in [2.05, 4.69) is 5.32 Å². The van der Waals surface area contributed by atoms with Crippen LogP contribution in [0.4, 0.5) is 4.79 Å². The second kappa shape index (κ2) is 3.80. The lowest BCUT2D eigenvalue weighted by Gasteiger charge is -2.13. The Morgan fingerprint density at radius 1 is 1.67 bits per heavy atom. The molecule has 0 aromatic heterocycles. The molecule has 56 valence electrons.